The summed E-state index contributed by atoms with van der Waals surface area (Å²) in [6.07, 6.45) is 6.04. The van der Waals surface area contributed by atoms with Gasteiger partial charge in [0.25, 0.3) is 0 Å². The highest BCUT2D eigenvalue weighted by Crippen LogP contribution is 2.26. The minimum absolute atomic E-state index is 0.0627. The fourth-order valence-electron chi connectivity index (χ4n) is 2.46. The van der Waals surface area contributed by atoms with E-state index in [2.05, 4.69) is 26.1 Å². The molecule has 0 aromatic carbocycles. The van der Waals surface area contributed by atoms with E-state index in [1.807, 2.05) is 0 Å². The van der Waals surface area contributed by atoms with Gasteiger partial charge in [-0.25, -0.2) is 0 Å². The Morgan fingerprint density at radius 1 is 1.31 bits per heavy atom. The van der Waals surface area contributed by atoms with E-state index in [9.17, 15) is 4.79 Å². The fourth-order valence-corrected chi connectivity index (χ4v) is 2.46. The van der Waals surface area contributed by atoms with E-state index >= 15 is 0 Å². The normalized spacial score (nSPS) is 21.8. The molecular formula is C13H26N2O. The Bertz CT molecular complexity index is 232. The second kappa shape index (κ2) is 5.67. The molecule has 0 radical (unpaired) electrons. The Labute approximate surface area is 99.2 Å². The SMILES string of the molecule is CCC(NC(=O)C1(N)CCCCC1)C(C)C. The molecule has 3 nitrogen and oxygen atoms in total. The molecule has 0 aliphatic heterocycles. The van der Waals surface area contributed by atoms with E-state index in [-0.39, 0.29) is 11.9 Å². The number of hydrogen-bond donors (Lipinski definition) is 2. The first kappa shape index (κ1) is 13.5. The number of nitrogens with two attached hydrogens (primary N) is 1. The second-order valence-corrected chi connectivity index (χ2v) is 5.45. The largest absolute Gasteiger partial charge is 0.352 e. The smallest absolute Gasteiger partial charge is 0.240 e. The highest BCUT2D eigenvalue weighted by molar-refractivity contribution is 5.86. The Kier molecular flexibility index (Phi) is 4.78. The lowest BCUT2D eigenvalue weighted by molar-refractivity contribution is -0.128. The Balaban J connectivity index is 2.55. The molecule has 0 spiro atoms. The summed E-state index contributed by atoms with van der Waals surface area (Å²) in [5, 5.41) is 3.11. The molecule has 16 heavy (non-hydrogen) atoms. The maximum atomic E-state index is 12.2. The molecule has 1 aliphatic rings. The van der Waals surface area contributed by atoms with Gasteiger partial charge in [0, 0.05) is 6.04 Å². The molecule has 3 N–H and O–H groups in total. The molecule has 3 heteroatoms. The van der Waals surface area contributed by atoms with Crippen LogP contribution in [-0.4, -0.2) is 17.5 Å². The molecule has 0 bridgehead atoms. The van der Waals surface area contributed by atoms with E-state index < -0.39 is 5.54 Å². The van der Waals surface area contributed by atoms with Crippen LogP contribution in [0.15, 0.2) is 0 Å². The monoisotopic (exact) mass is 226 g/mol. The number of rotatable bonds is 4. The molecule has 1 amide bonds. The van der Waals surface area contributed by atoms with Crippen molar-refractivity contribution in [2.45, 2.75) is 70.9 Å². The van der Waals surface area contributed by atoms with E-state index in [0.717, 1.165) is 32.1 Å². The van der Waals surface area contributed by atoms with E-state index in [4.69, 9.17) is 5.73 Å². The second-order valence-electron chi connectivity index (χ2n) is 5.45. The average molecular weight is 226 g/mol. The van der Waals surface area contributed by atoms with Crippen LogP contribution in [0, 0.1) is 5.92 Å². The zero-order valence-corrected chi connectivity index (χ0v) is 10.9. The molecule has 1 saturated carbocycles. The Morgan fingerprint density at radius 2 is 1.88 bits per heavy atom. The molecule has 0 heterocycles. The predicted molar refractivity (Wildman–Crippen MR) is 67.1 cm³/mol. The van der Waals surface area contributed by atoms with Crippen LogP contribution in [0.5, 0.6) is 0 Å². The third kappa shape index (κ3) is 3.21. The zero-order chi connectivity index (χ0) is 12.2. The zero-order valence-electron chi connectivity index (χ0n) is 10.9. The van der Waals surface area contributed by atoms with Gasteiger partial charge in [0.05, 0.1) is 5.54 Å². The molecule has 1 unspecified atom stereocenters. The fraction of sp³-hybridized carbons (Fsp3) is 0.923. The van der Waals surface area contributed by atoms with Gasteiger partial charge in [0.15, 0.2) is 0 Å². The number of carbonyl (C=O) groups is 1. The van der Waals surface area contributed by atoms with Crippen LogP contribution in [0.25, 0.3) is 0 Å². The molecule has 1 aliphatic carbocycles. The van der Waals surface area contributed by atoms with Gasteiger partial charge in [0.2, 0.25) is 5.91 Å². The van der Waals surface area contributed by atoms with Crippen LogP contribution in [0.4, 0.5) is 0 Å². The number of nitrogens with one attached hydrogen (secondary N) is 1. The summed E-state index contributed by atoms with van der Waals surface area (Å²) in [6.45, 7) is 6.38. The third-order valence-corrected chi connectivity index (χ3v) is 3.76. The van der Waals surface area contributed by atoms with Crippen molar-refractivity contribution in [3.63, 3.8) is 0 Å². The van der Waals surface area contributed by atoms with Gasteiger partial charge >= 0.3 is 0 Å². The maximum absolute atomic E-state index is 12.2. The summed E-state index contributed by atoms with van der Waals surface area (Å²) in [5.41, 5.74) is 5.60. The van der Waals surface area contributed by atoms with E-state index in [0.29, 0.717) is 5.92 Å². The van der Waals surface area contributed by atoms with Crippen molar-refractivity contribution in [3.8, 4) is 0 Å². The van der Waals surface area contributed by atoms with E-state index in [1.165, 1.54) is 6.42 Å². The number of carbonyl (C=O) groups excluding carboxylic acids is 1. The first-order chi connectivity index (χ1) is 7.49. The maximum Gasteiger partial charge on any atom is 0.240 e. The van der Waals surface area contributed by atoms with Crippen LogP contribution < -0.4 is 11.1 Å². The lowest BCUT2D eigenvalue weighted by Gasteiger charge is -2.34. The summed E-state index contributed by atoms with van der Waals surface area (Å²) >= 11 is 0. The summed E-state index contributed by atoms with van der Waals surface area (Å²) in [7, 11) is 0. The van der Waals surface area contributed by atoms with Gasteiger partial charge in [-0.2, -0.15) is 0 Å². The molecule has 1 rings (SSSR count). The average Bonchev–Trinajstić information content (AvgIpc) is 2.26. The van der Waals surface area contributed by atoms with Gasteiger partial charge in [-0.15, -0.1) is 0 Å². The summed E-state index contributed by atoms with van der Waals surface area (Å²) in [4.78, 5) is 12.2. The third-order valence-electron chi connectivity index (χ3n) is 3.76. The Morgan fingerprint density at radius 3 is 2.31 bits per heavy atom. The van der Waals surface area contributed by atoms with Gasteiger partial charge < -0.3 is 11.1 Å². The highest BCUT2D eigenvalue weighted by atomic mass is 16.2. The van der Waals surface area contributed by atoms with Gasteiger partial charge in [-0.1, -0.05) is 40.0 Å². The standard InChI is InChI=1S/C13H26N2O/c1-4-11(10(2)3)15-12(16)13(14)8-6-5-7-9-13/h10-11H,4-9,14H2,1-3H3,(H,15,16). The topological polar surface area (TPSA) is 55.1 Å². The van der Waals surface area contributed by atoms with Crippen molar-refractivity contribution in [1.82, 2.24) is 5.32 Å². The Hall–Kier alpha value is -0.570. The molecule has 1 atom stereocenters. The van der Waals surface area contributed by atoms with E-state index in [1.54, 1.807) is 0 Å². The van der Waals surface area contributed by atoms with Crippen LogP contribution in [-0.2, 0) is 4.79 Å². The van der Waals surface area contributed by atoms with Crippen molar-refractivity contribution in [1.29, 1.82) is 0 Å². The predicted octanol–water partition coefficient (Wildman–Crippen LogP) is 2.20. The van der Waals surface area contributed by atoms with Crippen molar-refractivity contribution in [2.24, 2.45) is 11.7 Å². The van der Waals surface area contributed by atoms with Crippen LogP contribution in [0.1, 0.15) is 59.3 Å². The van der Waals surface area contributed by atoms with Crippen molar-refractivity contribution in [3.05, 3.63) is 0 Å². The quantitative estimate of drug-likeness (QED) is 0.772. The van der Waals surface area contributed by atoms with Crippen LogP contribution in [0.3, 0.4) is 0 Å². The van der Waals surface area contributed by atoms with Gasteiger partial charge in [-0.05, 0) is 25.2 Å². The molecule has 0 saturated heterocycles. The van der Waals surface area contributed by atoms with Crippen LogP contribution in [0.2, 0.25) is 0 Å². The van der Waals surface area contributed by atoms with Crippen LogP contribution >= 0.6 is 0 Å². The first-order valence-corrected chi connectivity index (χ1v) is 6.59. The molecule has 94 valence electrons. The first-order valence-electron chi connectivity index (χ1n) is 6.59. The summed E-state index contributed by atoms with van der Waals surface area (Å²) in [5.74, 6) is 0.536. The van der Waals surface area contributed by atoms with Crippen molar-refractivity contribution in [2.75, 3.05) is 0 Å². The van der Waals surface area contributed by atoms with Gasteiger partial charge in [0.1, 0.15) is 0 Å². The molecular weight excluding hydrogens is 200 g/mol. The lowest BCUT2D eigenvalue weighted by Crippen LogP contribution is -2.57. The lowest BCUT2D eigenvalue weighted by atomic mass is 9.81. The van der Waals surface area contributed by atoms with Crippen molar-refractivity contribution < 1.29 is 4.79 Å². The summed E-state index contributed by atoms with van der Waals surface area (Å²) < 4.78 is 0. The molecule has 1 fully saturated rings. The minimum Gasteiger partial charge on any atom is -0.352 e. The van der Waals surface area contributed by atoms with Gasteiger partial charge in [-0.3, -0.25) is 4.79 Å². The number of hydrogen-bond acceptors (Lipinski definition) is 2. The molecule has 0 aromatic rings. The summed E-state index contributed by atoms with van der Waals surface area (Å²) in [6, 6.07) is 0.259. The minimum atomic E-state index is -0.597. The number of amides is 1. The molecule has 0 aromatic heterocycles. The van der Waals surface area contributed by atoms with Crippen molar-refractivity contribution >= 4 is 5.91 Å². The highest BCUT2D eigenvalue weighted by Gasteiger charge is 2.36.